The van der Waals surface area contributed by atoms with E-state index in [2.05, 4.69) is 5.32 Å². The molecule has 0 radical (unpaired) electrons. The smallest absolute Gasteiger partial charge is 0.220 e. The number of aliphatic hydroxyl groups is 1. The van der Waals surface area contributed by atoms with E-state index in [4.69, 9.17) is 9.84 Å². The SMILES string of the molecule is Cc1ccccc1OCCCC(=O)NC(C)CO. The fourth-order valence-corrected chi connectivity index (χ4v) is 1.53. The molecule has 1 aromatic rings. The molecule has 4 nitrogen and oxygen atoms in total. The maximum atomic E-state index is 11.4. The van der Waals surface area contributed by atoms with E-state index in [1.54, 1.807) is 6.92 Å². The zero-order chi connectivity index (χ0) is 13.4. The molecule has 18 heavy (non-hydrogen) atoms. The van der Waals surface area contributed by atoms with Gasteiger partial charge in [-0.1, -0.05) is 18.2 Å². The number of hydrogen-bond donors (Lipinski definition) is 2. The molecule has 0 aliphatic heterocycles. The molecule has 1 aromatic carbocycles. The van der Waals surface area contributed by atoms with Crippen LogP contribution in [0.1, 0.15) is 25.3 Å². The second-order valence-corrected chi connectivity index (χ2v) is 4.37. The van der Waals surface area contributed by atoms with E-state index in [9.17, 15) is 4.79 Å². The number of hydrogen-bond acceptors (Lipinski definition) is 3. The lowest BCUT2D eigenvalue weighted by Crippen LogP contribution is -2.34. The van der Waals surface area contributed by atoms with Crippen LogP contribution in [0.5, 0.6) is 5.75 Å². The average Bonchev–Trinajstić information content (AvgIpc) is 2.36. The van der Waals surface area contributed by atoms with Gasteiger partial charge in [0.05, 0.1) is 13.2 Å². The van der Waals surface area contributed by atoms with Crippen molar-refractivity contribution in [3.63, 3.8) is 0 Å². The van der Waals surface area contributed by atoms with Crippen LogP contribution in [0.15, 0.2) is 24.3 Å². The summed E-state index contributed by atoms with van der Waals surface area (Å²) in [6, 6.07) is 7.62. The lowest BCUT2D eigenvalue weighted by Gasteiger charge is -2.11. The van der Waals surface area contributed by atoms with E-state index in [-0.39, 0.29) is 18.6 Å². The fourth-order valence-electron chi connectivity index (χ4n) is 1.53. The zero-order valence-corrected chi connectivity index (χ0v) is 11.0. The van der Waals surface area contributed by atoms with Gasteiger partial charge in [0.15, 0.2) is 0 Å². The Morgan fingerprint density at radius 1 is 1.44 bits per heavy atom. The summed E-state index contributed by atoms with van der Waals surface area (Å²) in [6.45, 7) is 4.24. The molecule has 1 unspecified atom stereocenters. The maximum Gasteiger partial charge on any atom is 0.220 e. The lowest BCUT2D eigenvalue weighted by atomic mass is 10.2. The number of carbonyl (C=O) groups is 1. The average molecular weight is 251 g/mol. The molecule has 1 amide bonds. The highest BCUT2D eigenvalue weighted by Crippen LogP contribution is 2.16. The minimum atomic E-state index is -0.185. The Morgan fingerprint density at radius 2 is 2.17 bits per heavy atom. The lowest BCUT2D eigenvalue weighted by molar-refractivity contribution is -0.122. The van der Waals surface area contributed by atoms with Crippen LogP contribution < -0.4 is 10.1 Å². The summed E-state index contributed by atoms with van der Waals surface area (Å²) in [4.78, 5) is 11.4. The van der Waals surface area contributed by atoms with Crippen LogP contribution in [0.2, 0.25) is 0 Å². The van der Waals surface area contributed by atoms with Gasteiger partial charge in [-0.05, 0) is 31.9 Å². The van der Waals surface area contributed by atoms with Crippen molar-refractivity contribution in [3.05, 3.63) is 29.8 Å². The predicted octanol–water partition coefficient (Wildman–Crippen LogP) is 1.65. The second kappa shape index (κ2) is 7.71. The van der Waals surface area contributed by atoms with Crippen LogP contribution in [0, 0.1) is 6.92 Å². The highest BCUT2D eigenvalue weighted by Gasteiger charge is 2.05. The van der Waals surface area contributed by atoms with Crippen molar-refractivity contribution < 1.29 is 14.6 Å². The van der Waals surface area contributed by atoms with Crippen molar-refractivity contribution >= 4 is 5.91 Å². The number of rotatable bonds is 7. The number of carbonyl (C=O) groups excluding carboxylic acids is 1. The first-order valence-electron chi connectivity index (χ1n) is 6.22. The van der Waals surface area contributed by atoms with Crippen molar-refractivity contribution in [2.24, 2.45) is 0 Å². The molecular weight excluding hydrogens is 230 g/mol. The number of amides is 1. The van der Waals surface area contributed by atoms with Crippen LogP contribution in [-0.4, -0.2) is 30.3 Å². The van der Waals surface area contributed by atoms with Crippen molar-refractivity contribution in [1.29, 1.82) is 0 Å². The molecule has 0 bridgehead atoms. The molecule has 4 heteroatoms. The molecule has 2 N–H and O–H groups in total. The van der Waals surface area contributed by atoms with Gasteiger partial charge in [0.2, 0.25) is 5.91 Å². The summed E-state index contributed by atoms with van der Waals surface area (Å²) < 4.78 is 5.59. The quantitative estimate of drug-likeness (QED) is 0.724. The van der Waals surface area contributed by atoms with E-state index in [0.717, 1.165) is 11.3 Å². The van der Waals surface area contributed by atoms with Crippen molar-refractivity contribution in [2.75, 3.05) is 13.2 Å². The van der Waals surface area contributed by atoms with Gasteiger partial charge >= 0.3 is 0 Å². The Bertz CT molecular complexity index is 379. The Morgan fingerprint density at radius 3 is 2.83 bits per heavy atom. The van der Waals surface area contributed by atoms with E-state index in [1.165, 1.54) is 0 Å². The van der Waals surface area contributed by atoms with Crippen molar-refractivity contribution in [3.8, 4) is 5.75 Å². The maximum absolute atomic E-state index is 11.4. The number of nitrogens with one attached hydrogen (secondary N) is 1. The second-order valence-electron chi connectivity index (χ2n) is 4.37. The largest absolute Gasteiger partial charge is 0.493 e. The van der Waals surface area contributed by atoms with Crippen LogP contribution in [0.3, 0.4) is 0 Å². The minimum Gasteiger partial charge on any atom is -0.493 e. The van der Waals surface area contributed by atoms with Crippen molar-refractivity contribution in [2.45, 2.75) is 32.7 Å². The topological polar surface area (TPSA) is 58.6 Å². The molecule has 0 spiro atoms. The van der Waals surface area contributed by atoms with Crippen LogP contribution in [-0.2, 0) is 4.79 Å². The first-order chi connectivity index (χ1) is 8.63. The number of aliphatic hydroxyl groups excluding tert-OH is 1. The number of ether oxygens (including phenoxy) is 1. The summed E-state index contributed by atoms with van der Waals surface area (Å²) in [5.41, 5.74) is 1.09. The molecule has 0 aromatic heterocycles. The number of benzene rings is 1. The summed E-state index contributed by atoms with van der Waals surface area (Å²) in [7, 11) is 0. The third-order valence-electron chi connectivity index (χ3n) is 2.58. The molecule has 0 saturated heterocycles. The molecule has 0 fully saturated rings. The molecule has 1 atom stereocenters. The fraction of sp³-hybridized carbons (Fsp3) is 0.500. The van der Waals surface area contributed by atoms with Gasteiger partial charge in [-0.25, -0.2) is 0 Å². The Balaban J connectivity index is 2.19. The normalized spacial score (nSPS) is 11.9. The van der Waals surface area contributed by atoms with Crippen molar-refractivity contribution in [1.82, 2.24) is 5.32 Å². The summed E-state index contributed by atoms with van der Waals surface area (Å²) in [5, 5.41) is 11.5. The van der Waals surface area contributed by atoms with Crippen LogP contribution in [0.25, 0.3) is 0 Å². The molecule has 0 aliphatic carbocycles. The van der Waals surface area contributed by atoms with E-state index in [0.29, 0.717) is 19.4 Å². The van der Waals surface area contributed by atoms with Gasteiger partial charge in [0.25, 0.3) is 0 Å². The third kappa shape index (κ3) is 5.19. The summed E-state index contributed by atoms with van der Waals surface area (Å²) >= 11 is 0. The van der Waals surface area contributed by atoms with Gasteiger partial charge in [-0.15, -0.1) is 0 Å². The number of para-hydroxylation sites is 1. The summed E-state index contributed by atoms with van der Waals surface area (Å²) in [6.07, 6.45) is 1.08. The van der Waals surface area contributed by atoms with Crippen LogP contribution in [0.4, 0.5) is 0 Å². The van der Waals surface area contributed by atoms with Gasteiger partial charge < -0.3 is 15.2 Å². The van der Waals surface area contributed by atoms with Gasteiger partial charge in [-0.3, -0.25) is 4.79 Å². The standard InChI is InChI=1S/C14H21NO3/c1-11-6-3-4-7-13(11)18-9-5-8-14(17)15-12(2)10-16/h3-4,6-7,12,16H,5,8-10H2,1-2H3,(H,15,17). The van der Waals surface area contributed by atoms with E-state index < -0.39 is 0 Å². The van der Waals surface area contributed by atoms with Crippen LogP contribution >= 0.6 is 0 Å². The highest BCUT2D eigenvalue weighted by atomic mass is 16.5. The highest BCUT2D eigenvalue weighted by molar-refractivity contribution is 5.76. The predicted molar refractivity (Wildman–Crippen MR) is 70.6 cm³/mol. The Hall–Kier alpha value is -1.55. The molecule has 1 rings (SSSR count). The summed E-state index contributed by atoms with van der Waals surface area (Å²) in [5.74, 6) is 0.812. The van der Waals surface area contributed by atoms with Gasteiger partial charge in [0, 0.05) is 12.5 Å². The molecule has 0 aliphatic rings. The first kappa shape index (κ1) is 14.5. The molecule has 100 valence electrons. The molecular formula is C14H21NO3. The molecule has 0 saturated carbocycles. The Kier molecular flexibility index (Phi) is 6.22. The van der Waals surface area contributed by atoms with E-state index in [1.807, 2.05) is 31.2 Å². The minimum absolute atomic E-state index is 0.0363. The number of aryl methyl sites for hydroxylation is 1. The monoisotopic (exact) mass is 251 g/mol. The first-order valence-corrected chi connectivity index (χ1v) is 6.22. The van der Waals surface area contributed by atoms with Gasteiger partial charge in [-0.2, -0.15) is 0 Å². The van der Waals surface area contributed by atoms with Gasteiger partial charge in [0.1, 0.15) is 5.75 Å². The third-order valence-corrected chi connectivity index (χ3v) is 2.58. The molecule has 0 heterocycles. The zero-order valence-electron chi connectivity index (χ0n) is 11.0. The Labute approximate surface area is 108 Å². The van der Waals surface area contributed by atoms with E-state index >= 15 is 0 Å².